The zero-order chi connectivity index (χ0) is 22.4. The molecule has 1 aromatic heterocycles. The Labute approximate surface area is 189 Å². The number of pyridine rings is 1. The first-order valence-corrected chi connectivity index (χ1v) is 11.3. The first kappa shape index (κ1) is 21.0. The third kappa shape index (κ3) is 3.48. The van der Waals surface area contributed by atoms with E-state index in [1.165, 1.54) is 12.8 Å². The van der Waals surface area contributed by atoms with Gasteiger partial charge in [0.15, 0.2) is 0 Å². The minimum absolute atomic E-state index is 0.00504. The first-order valence-electron chi connectivity index (χ1n) is 11.3. The molecule has 32 heavy (non-hydrogen) atoms. The molecule has 2 aromatic carbocycles. The summed E-state index contributed by atoms with van der Waals surface area (Å²) in [6.45, 7) is 3.05. The summed E-state index contributed by atoms with van der Waals surface area (Å²) in [4.78, 5) is 17.7. The third-order valence-corrected chi connectivity index (χ3v) is 7.17. The fourth-order valence-corrected chi connectivity index (χ4v) is 5.58. The van der Waals surface area contributed by atoms with E-state index in [0.29, 0.717) is 17.5 Å². The maximum Gasteiger partial charge on any atom is 0.258 e. The lowest BCUT2D eigenvalue weighted by Gasteiger charge is -2.39. The number of aromatic nitrogens is 1. The Kier molecular flexibility index (Phi) is 5.43. The third-order valence-electron chi connectivity index (χ3n) is 7.17. The predicted molar refractivity (Wildman–Crippen MR) is 128 cm³/mol. The minimum atomic E-state index is 0.00504. The molecule has 2 atom stereocenters. The van der Waals surface area contributed by atoms with E-state index in [0.717, 1.165) is 53.2 Å². The zero-order valence-electron chi connectivity index (χ0n) is 19.3. The number of piperazine rings is 1. The summed E-state index contributed by atoms with van der Waals surface area (Å²) >= 11 is 0. The summed E-state index contributed by atoms with van der Waals surface area (Å²) in [6.07, 6.45) is 4.41. The van der Waals surface area contributed by atoms with E-state index in [4.69, 9.17) is 9.47 Å². The van der Waals surface area contributed by atoms with Gasteiger partial charge in [-0.2, -0.15) is 0 Å². The van der Waals surface area contributed by atoms with Crippen LogP contribution in [0.2, 0.25) is 0 Å². The van der Waals surface area contributed by atoms with Gasteiger partial charge in [0, 0.05) is 55.9 Å². The highest BCUT2D eigenvalue weighted by molar-refractivity contribution is 5.96. The number of methoxy groups -OCH3 is 2. The topological polar surface area (TPSA) is 46.9 Å². The number of hydrogen-bond acceptors (Lipinski definition) is 5. The van der Waals surface area contributed by atoms with Crippen molar-refractivity contribution in [3.63, 3.8) is 0 Å². The average molecular weight is 434 g/mol. The molecule has 2 saturated heterocycles. The number of rotatable bonds is 5. The molecule has 3 aromatic rings. The van der Waals surface area contributed by atoms with Gasteiger partial charge < -0.3 is 18.9 Å². The number of hydrogen-bond donors (Lipinski definition) is 0. The van der Waals surface area contributed by atoms with Crippen LogP contribution in [0, 0.1) is 0 Å². The Hall–Kier alpha value is -2.83. The molecule has 6 nitrogen and oxygen atoms in total. The van der Waals surface area contributed by atoms with Gasteiger partial charge in [-0.3, -0.25) is 9.69 Å². The highest BCUT2D eigenvalue weighted by Crippen LogP contribution is 2.40. The molecular formula is C26H31N3O3. The number of likely N-dealkylation sites (N-methyl/N-ethyl adjacent to an activating group) is 1. The van der Waals surface area contributed by atoms with Crippen molar-refractivity contribution >= 4 is 10.8 Å². The van der Waals surface area contributed by atoms with Crippen LogP contribution in [0.1, 0.15) is 18.4 Å². The van der Waals surface area contributed by atoms with Crippen LogP contribution in [0.4, 0.5) is 0 Å². The van der Waals surface area contributed by atoms with Crippen molar-refractivity contribution in [2.75, 3.05) is 34.4 Å². The van der Waals surface area contributed by atoms with Crippen molar-refractivity contribution < 1.29 is 9.47 Å². The summed E-state index contributed by atoms with van der Waals surface area (Å²) in [6, 6.07) is 13.1. The van der Waals surface area contributed by atoms with Crippen molar-refractivity contribution in [1.29, 1.82) is 0 Å². The Morgan fingerprint density at radius 1 is 0.938 bits per heavy atom. The summed E-state index contributed by atoms with van der Waals surface area (Å²) < 4.78 is 13.4. The summed E-state index contributed by atoms with van der Waals surface area (Å²) in [5.74, 6) is 1.66. The van der Waals surface area contributed by atoms with Gasteiger partial charge in [-0.05, 0) is 49.0 Å². The lowest BCUT2D eigenvalue weighted by Crippen LogP contribution is -2.51. The molecule has 0 radical (unpaired) electrons. The van der Waals surface area contributed by atoms with Gasteiger partial charge in [0.05, 0.1) is 19.8 Å². The van der Waals surface area contributed by atoms with Crippen molar-refractivity contribution in [2.24, 2.45) is 7.05 Å². The van der Waals surface area contributed by atoms with Crippen molar-refractivity contribution in [1.82, 2.24) is 14.4 Å². The fourth-order valence-electron chi connectivity index (χ4n) is 5.58. The van der Waals surface area contributed by atoms with E-state index in [1.54, 1.807) is 25.8 Å². The fraction of sp³-hybridized carbons (Fsp3) is 0.423. The maximum absolute atomic E-state index is 12.6. The molecule has 2 bridgehead atoms. The second-order valence-electron chi connectivity index (χ2n) is 9.14. The smallest absolute Gasteiger partial charge is 0.258 e. The second-order valence-corrected chi connectivity index (χ2v) is 9.14. The van der Waals surface area contributed by atoms with Crippen molar-refractivity contribution in [3.8, 4) is 22.6 Å². The van der Waals surface area contributed by atoms with E-state index >= 15 is 0 Å². The standard InChI is InChI=1S/C26H31N3O3/c1-27-13-18-9-10-19(14-27)29(18)16-23-24(31-3)11-17(12-25(23)32-4)22-15-28(2)26(30)21-8-6-5-7-20(21)22/h5-8,11-12,15,18-19H,9-10,13-14,16H2,1-4H3. The highest BCUT2D eigenvalue weighted by Gasteiger charge is 2.39. The Morgan fingerprint density at radius 2 is 1.53 bits per heavy atom. The van der Waals surface area contributed by atoms with E-state index in [-0.39, 0.29) is 5.56 Å². The van der Waals surface area contributed by atoms with Crippen molar-refractivity contribution in [2.45, 2.75) is 31.5 Å². The van der Waals surface area contributed by atoms with Crippen LogP contribution >= 0.6 is 0 Å². The number of aryl methyl sites for hydroxylation is 1. The molecule has 2 fully saturated rings. The number of benzene rings is 2. The predicted octanol–water partition coefficient (Wildman–Crippen LogP) is 3.50. The normalized spacial score (nSPS) is 21.2. The molecule has 0 N–H and O–H groups in total. The molecule has 0 aliphatic carbocycles. The van der Waals surface area contributed by atoms with Gasteiger partial charge in [0.2, 0.25) is 0 Å². The Morgan fingerprint density at radius 3 is 2.12 bits per heavy atom. The Balaban J connectivity index is 1.60. The van der Waals surface area contributed by atoms with Crippen molar-refractivity contribution in [3.05, 3.63) is 58.5 Å². The molecule has 0 amide bonds. The second kappa shape index (κ2) is 8.26. The van der Waals surface area contributed by atoms with E-state index in [2.05, 4.69) is 29.0 Å². The summed E-state index contributed by atoms with van der Waals surface area (Å²) in [7, 11) is 7.46. The molecule has 2 unspecified atom stereocenters. The number of ether oxygens (including phenoxy) is 2. The van der Waals surface area contributed by atoms with Crippen LogP contribution in [0.5, 0.6) is 11.5 Å². The van der Waals surface area contributed by atoms with Crippen LogP contribution in [-0.4, -0.2) is 60.8 Å². The van der Waals surface area contributed by atoms with Gasteiger partial charge in [-0.25, -0.2) is 0 Å². The number of nitrogens with zero attached hydrogens (tertiary/aromatic N) is 3. The van der Waals surface area contributed by atoms with Crippen LogP contribution < -0.4 is 15.0 Å². The van der Waals surface area contributed by atoms with Crippen LogP contribution in [0.15, 0.2) is 47.4 Å². The van der Waals surface area contributed by atoms with Gasteiger partial charge in [0.25, 0.3) is 5.56 Å². The lowest BCUT2D eigenvalue weighted by molar-refractivity contribution is 0.0746. The van der Waals surface area contributed by atoms with E-state index < -0.39 is 0 Å². The summed E-state index contributed by atoms with van der Waals surface area (Å²) in [5.41, 5.74) is 3.07. The molecule has 2 aliphatic heterocycles. The van der Waals surface area contributed by atoms with Crippen LogP contribution in [0.25, 0.3) is 21.9 Å². The van der Waals surface area contributed by atoms with Crippen LogP contribution in [0.3, 0.4) is 0 Å². The van der Waals surface area contributed by atoms with Gasteiger partial charge in [0.1, 0.15) is 11.5 Å². The monoisotopic (exact) mass is 433 g/mol. The van der Waals surface area contributed by atoms with E-state index in [1.807, 2.05) is 30.5 Å². The van der Waals surface area contributed by atoms with Crippen LogP contribution in [-0.2, 0) is 13.6 Å². The highest BCUT2D eigenvalue weighted by atomic mass is 16.5. The number of likely N-dealkylation sites (tertiary alicyclic amines) is 1. The molecule has 0 saturated carbocycles. The maximum atomic E-state index is 12.6. The van der Waals surface area contributed by atoms with Gasteiger partial charge >= 0.3 is 0 Å². The molecule has 0 spiro atoms. The molecule has 168 valence electrons. The number of fused-ring (bicyclic) bond motifs is 3. The van der Waals surface area contributed by atoms with E-state index in [9.17, 15) is 4.79 Å². The average Bonchev–Trinajstić information content (AvgIpc) is 3.04. The molecule has 3 heterocycles. The largest absolute Gasteiger partial charge is 0.496 e. The summed E-state index contributed by atoms with van der Waals surface area (Å²) in [5, 5.41) is 1.65. The van der Waals surface area contributed by atoms with Gasteiger partial charge in [-0.15, -0.1) is 0 Å². The lowest BCUT2D eigenvalue weighted by atomic mass is 9.98. The first-order chi connectivity index (χ1) is 15.5. The SMILES string of the molecule is COc1cc(-c2cn(C)c(=O)c3ccccc23)cc(OC)c1CN1C2CCC1CN(C)C2. The van der Waals surface area contributed by atoms with Gasteiger partial charge in [-0.1, -0.05) is 18.2 Å². The molecular weight excluding hydrogens is 402 g/mol. The Bertz CT molecular complexity index is 1180. The zero-order valence-corrected chi connectivity index (χ0v) is 19.3. The minimum Gasteiger partial charge on any atom is -0.496 e. The quantitative estimate of drug-likeness (QED) is 0.616. The molecule has 5 rings (SSSR count). The molecule has 6 heteroatoms. The molecule has 2 aliphatic rings.